The first-order valence-electron chi connectivity index (χ1n) is 5.00. The number of nitrogens with zero attached hydrogens (tertiary/aromatic N) is 2. The molecule has 0 N–H and O–H groups in total. The van der Waals surface area contributed by atoms with E-state index in [1.807, 2.05) is 7.05 Å². The molecular weight excluding hydrogens is 176 g/mol. The second kappa shape index (κ2) is 5.14. The van der Waals surface area contributed by atoms with Crippen LogP contribution in [0, 0.1) is 12.3 Å². The summed E-state index contributed by atoms with van der Waals surface area (Å²) in [6.45, 7) is 2.84. The predicted octanol–water partition coefficient (Wildman–Crippen LogP) is 0.215. The highest BCUT2D eigenvalue weighted by Crippen LogP contribution is 2.08. The van der Waals surface area contributed by atoms with Crippen molar-refractivity contribution >= 4 is 5.78 Å². The Labute approximate surface area is 86.1 Å². The van der Waals surface area contributed by atoms with Crippen LogP contribution in [-0.2, 0) is 4.79 Å². The Balaban J connectivity index is 2.63. The van der Waals surface area contributed by atoms with Crippen LogP contribution >= 0.6 is 0 Å². The van der Waals surface area contributed by atoms with Gasteiger partial charge in [0.1, 0.15) is 0 Å². The lowest BCUT2D eigenvalue weighted by molar-refractivity contribution is -0.123. The van der Waals surface area contributed by atoms with Crippen molar-refractivity contribution in [2.24, 2.45) is 0 Å². The molecule has 0 aromatic carbocycles. The van der Waals surface area contributed by atoms with Gasteiger partial charge >= 0.3 is 0 Å². The van der Waals surface area contributed by atoms with E-state index in [4.69, 9.17) is 6.42 Å². The van der Waals surface area contributed by atoms with Crippen molar-refractivity contribution in [3.8, 4) is 12.3 Å². The van der Waals surface area contributed by atoms with Crippen molar-refractivity contribution < 1.29 is 4.79 Å². The molecule has 0 radical (unpaired) electrons. The van der Waals surface area contributed by atoms with Crippen LogP contribution < -0.4 is 0 Å². The molecule has 0 amide bonds. The van der Waals surface area contributed by atoms with Crippen LogP contribution in [0.25, 0.3) is 0 Å². The van der Waals surface area contributed by atoms with E-state index in [-0.39, 0.29) is 18.2 Å². The number of hydrogen-bond acceptors (Lipinski definition) is 3. The molecular formula is C11H18N2O. The van der Waals surface area contributed by atoms with Crippen molar-refractivity contribution in [2.75, 3.05) is 33.7 Å². The Hall–Kier alpha value is -0.850. The fourth-order valence-corrected chi connectivity index (χ4v) is 1.84. The van der Waals surface area contributed by atoms with Crippen molar-refractivity contribution in [1.29, 1.82) is 0 Å². The zero-order chi connectivity index (χ0) is 10.6. The van der Waals surface area contributed by atoms with E-state index in [1.165, 1.54) is 0 Å². The Kier molecular flexibility index (Phi) is 4.12. The minimum atomic E-state index is -0.0152. The third-order valence-corrected chi connectivity index (χ3v) is 2.72. The predicted molar refractivity (Wildman–Crippen MR) is 57.0 cm³/mol. The summed E-state index contributed by atoms with van der Waals surface area (Å²) in [7, 11) is 4.05. The van der Waals surface area contributed by atoms with E-state index in [2.05, 4.69) is 22.8 Å². The quantitative estimate of drug-likeness (QED) is 0.587. The second-order valence-corrected chi connectivity index (χ2v) is 3.96. The first kappa shape index (κ1) is 11.2. The van der Waals surface area contributed by atoms with Gasteiger partial charge in [-0.05, 0) is 33.6 Å². The summed E-state index contributed by atoms with van der Waals surface area (Å²) < 4.78 is 0. The summed E-state index contributed by atoms with van der Waals surface area (Å²) in [5, 5.41) is 0. The molecule has 1 heterocycles. The summed E-state index contributed by atoms with van der Waals surface area (Å²) in [5.41, 5.74) is 0. The SMILES string of the molecule is C#CCC(=O)C1CN(C)CCCN1C. The maximum atomic E-state index is 11.7. The Bertz CT molecular complexity index is 244. The Morgan fingerprint density at radius 2 is 2.21 bits per heavy atom. The van der Waals surface area contributed by atoms with Crippen LogP contribution in [-0.4, -0.2) is 55.4 Å². The lowest BCUT2D eigenvalue weighted by Crippen LogP contribution is -2.43. The van der Waals surface area contributed by atoms with Gasteiger partial charge in [0, 0.05) is 6.54 Å². The number of rotatable bonds is 2. The monoisotopic (exact) mass is 194 g/mol. The molecule has 0 aromatic heterocycles. The van der Waals surface area contributed by atoms with Gasteiger partial charge in [-0.25, -0.2) is 0 Å². The number of likely N-dealkylation sites (N-methyl/N-ethyl adjacent to an activating group) is 2. The van der Waals surface area contributed by atoms with Gasteiger partial charge in [-0.1, -0.05) is 5.92 Å². The highest BCUT2D eigenvalue weighted by atomic mass is 16.1. The molecule has 3 nitrogen and oxygen atoms in total. The van der Waals surface area contributed by atoms with Gasteiger partial charge in [0.15, 0.2) is 5.78 Å². The van der Waals surface area contributed by atoms with Crippen molar-refractivity contribution in [1.82, 2.24) is 9.80 Å². The van der Waals surface area contributed by atoms with Gasteiger partial charge in [0.25, 0.3) is 0 Å². The van der Waals surface area contributed by atoms with Crippen LogP contribution in [0.5, 0.6) is 0 Å². The Morgan fingerprint density at radius 1 is 1.50 bits per heavy atom. The summed E-state index contributed by atoms with van der Waals surface area (Å²) in [4.78, 5) is 16.0. The molecule has 0 aromatic rings. The molecule has 0 bridgehead atoms. The van der Waals surface area contributed by atoms with Crippen molar-refractivity contribution in [3.63, 3.8) is 0 Å². The van der Waals surface area contributed by atoms with Crippen LogP contribution in [0.2, 0.25) is 0 Å². The fourth-order valence-electron chi connectivity index (χ4n) is 1.84. The lowest BCUT2D eigenvalue weighted by atomic mass is 10.1. The molecule has 14 heavy (non-hydrogen) atoms. The molecule has 1 rings (SSSR count). The molecule has 0 aliphatic carbocycles. The second-order valence-electron chi connectivity index (χ2n) is 3.96. The van der Waals surface area contributed by atoms with Gasteiger partial charge in [0.05, 0.1) is 12.5 Å². The topological polar surface area (TPSA) is 23.6 Å². The number of carbonyl (C=O) groups is 1. The number of terminal acetylenes is 1. The molecule has 0 saturated carbocycles. The minimum absolute atomic E-state index is 0.0152. The molecule has 1 aliphatic rings. The molecule has 1 aliphatic heterocycles. The molecule has 1 fully saturated rings. The van der Waals surface area contributed by atoms with Gasteiger partial charge in [-0.2, -0.15) is 0 Å². The first-order valence-corrected chi connectivity index (χ1v) is 5.00. The number of carbonyl (C=O) groups excluding carboxylic acids is 1. The number of hydrogen-bond donors (Lipinski definition) is 0. The zero-order valence-electron chi connectivity index (χ0n) is 8.99. The highest BCUT2D eigenvalue weighted by Gasteiger charge is 2.25. The van der Waals surface area contributed by atoms with E-state index in [0.29, 0.717) is 0 Å². The molecule has 1 saturated heterocycles. The van der Waals surface area contributed by atoms with Crippen LogP contribution in [0.4, 0.5) is 0 Å². The Morgan fingerprint density at radius 3 is 2.86 bits per heavy atom. The van der Waals surface area contributed by atoms with E-state index in [1.54, 1.807) is 0 Å². The summed E-state index contributed by atoms with van der Waals surface area (Å²) >= 11 is 0. The van der Waals surface area contributed by atoms with E-state index >= 15 is 0 Å². The largest absolute Gasteiger partial charge is 0.304 e. The van der Waals surface area contributed by atoms with Crippen molar-refractivity contribution in [3.05, 3.63) is 0 Å². The van der Waals surface area contributed by atoms with Gasteiger partial charge in [-0.15, -0.1) is 6.42 Å². The normalized spacial score (nSPS) is 25.4. The minimum Gasteiger partial charge on any atom is -0.304 e. The van der Waals surface area contributed by atoms with Gasteiger partial charge in [0.2, 0.25) is 0 Å². The average molecular weight is 194 g/mol. The maximum absolute atomic E-state index is 11.7. The van der Waals surface area contributed by atoms with Crippen LogP contribution in [0.3, 0.4) is 0 Å². The maximum Gasteiger partial charge on any atom is 0.163 e. The smallest absolute Gasteiger partial charge is 0.163 e. The summed E-state index contributed by atoms with van der Waals surface area (Å²) in [6, 6.07) is -0.0152. The van der Waals surface area contributed by atoms with Crippen LogP contribution in [0.15, 0.2) is 0 Å². The van der Waals surface area contributed by atoms with E-state index in [0.717, 1.165) is 26.1 Å². The fraction of sp³-hybridized carbons (Fsp3) is 0.727. The molecule has 78 valence electrons. The van der Waals surface area contributed by atoms with Crippen LogP contribution in [0.1, 0.15) is 12.8 Å². The average Bonchev–Trinajstić information content (AvgIpc) is 2.29. The lowest BCUT2D eigenvalue weighted by Gasteiger charge is -2.25. The number of Topliss-reactive ketones (excluding diaryl/α,β-unsaturated/α-hetero) is 1. The van der Waals surface area contributed by atoms with Crippen molar-refractivity contribution in [2.45, 2.75) is 18.9 Å². The third-order valence-electron chi connectivity index (χ3n) is 2.72. The standard InChI is InChI=1S/C11H18N2O/c1-4-6-11(14)10-9-12(2)7-5-8-13(10)3/h1,10H,5-9H2,2-3H3. The molecule has 3 heteroatoms. The molecule has 1 unspecified atom stereocenters. The van der Waals surface area contributed by atoms with E-state index in [9.17, 15) is 4.79 Å². The van der Waals surface area contributed by atoms with Gasteiger partial charge in [-0.3, -0.25) is 9.69 Å². The van der Waals surface area contributed by atoms with Gasteiger partial charge < -0.3 is 4.90 Å². The number of ketones is 1. The molecule has 1 atom stereocenters. The summed E-state index contributed by atoms with van der Waals surface area (Å²) in [5.74, 6) is 2.60. The summed E-state index contributed by atoms with van der Waals surface area (Å²) in [6.07, 6.45) is 6.52. The van der Waals surface area contributed by atoms with E-state index < -0.39 is 0 Å². The first-order chi connectivity index (χ1) is 6.65. The third kappa shape index (κ3) is 2.83. The zero-order valence-corrected chi connectivity index (χ0v) is 8.99. The molecule has 0 spiro atoms. The highest BCUT2D eigenvalue weighted by molar-refractivity contribution is 5.86.